The zero-order valence-corrected chi connectivity index (χ0v) is 16.4. The number of carboxylic acids is 1. The molecule has 4 amide bonds. The summed E-state index contributed by atoms with van der Waals surface area (Å²) in [7, 11) is 0. The van der Waals surface area contributed by atoms with Crippen LogP contribution in [0.4, 0.5) is 0 Å². The van der Waals surface area contributed by atoms with Crippen molar-refractivity contribution in [1.29, 1.82) is 0 Å². The first kappa shape index (κ1) is 26.2. The zero-order valence-electron chi connectivity index (χ0n) is 16.4. The number of nitrogens with one attached hydrogen (secondary N) is 3. The largest absolute Gasteiger partial charge is 0.480 e. The Kier molecular flexibility index (Phi) is 10.8. The summed E-state index contributed by atoms with van der Waals surface area (Å²) in [6, 6.07) is -5.75. The van der Waals surface area contributed by atoms with Crippen LogP contribution in [0.15, 0.2) is 0 Å². The summed E-state index contributed by atoms with van der Waals surface area (Å²) in [5.41, 5.74) is 10.5. The first-order valence-electron chi connectivity index (χ1n) is 8.78. The van der Waals surface area contributed by atoms with Crippen LogP contribution >= 0.6 is 0 Å². The van der Waals surface area contributed by atoms with Gasteiger partial charge in [0.1, 0.15) is 24.2 Å². The summed E-state index contributed by atoms with van der Waals surface area (Å²) in [5.74, 6) is -5.73. The maximum Gasteiger partial charge on any atom is 0.326 e. The molecule has 0 rings (SSSR count). The number of aliphatic hydroxyl groups is 2. The number of aliphatic hydroxyl groups excluding tert-OH is 2. The van der Waals surface area contributed by atoms with Crippen LogP contribution in [0.25, 0.3) is 0 Å². The SMILES string of the molecule is CC(C)C(NC(=O)C(CC(N)=O)NC(=O)C(CO)NC(=O)C(N)C(C)O)C(=O)O. The standard InChI is InChI=1S/C16H29N5O8/c1-6(2)12(16(28)29)21-13(25)8(4-10(17)24)19-14(26)9(5-22)20-15(27)11(18)7(3)23/h6-9,11-12,22-23H,4-5,18H2,1-3H3,(H2,17,24)(H,19,26)(H,20,27)(H,21,25)(H,28,29). The van der Waals surface area contributed by atoms with Crippen LogP contribution in [0.1, 0.15) is 27.2 Å². The van der Waals surface area contributed by atoms with Gasteiger partial charge in [0.05, 0.1) is 19.1 Å². The van der Waals surface area contributed by atoms with E-state index in [9.17, 15) is 34.2 Å². The van der Waals surface area contributed by atoms with E-state index in [1.165, 1.54) is 6.92 Å². The van der Waals surface area contributed by atoms with E-state index < -0.39 is 78.8 Å². The number of nitrogens with two attached hydrogens (primary N) is 2. The predicted molar refractivity (Wildman–Crippen MR) is 98.8 cm³/mol. The van der Waals surface area contributed by atoms with E-state index >= 15 is 0 Å². The Balaban J connectivity index is 5.30. The Labute approximate surface area is 167 Å². The van der Waals surface area contributed by atoms with Crippen LogP contribution in [-0.4, -0.2) is 81.8 Å². The minimum Gasteiger partial charge on any atom is -0.480 e. The molecule has 0 radical (unpaired) electrons. The molecule has 0 spiro atoms. The third kappa shape index (κ3) is 8.85. The van der Waals surface area contributed by atoms with Crippen LogP contribution in [-0.2, 0) is 24.0 Å². The average molecular weight is 419 g/mol. The molecule has 0 aliphatic heterocycles. The first-order valence-corrected chi connectivity index (χ1v) is 8.78. The van der Waals surface area contributed by atoms with E-state index in [0.717, 1.165) is 0 Å². The lowest BCUT2D eigenvalue weighted by molar-refractivity contribution is -0.143. The molecule has 0 aromatic heterocycles. The molecule has 29 heavy (non-hydrogen) atoms. The highest BCUT2D eigenvalue weighted by Gasteiger charge is 2.32. The van der Waals surface area contributed by atoms with Crippen molar-refractivity contribution in [2.24, 2.45) is 17.4 Å². The van der Waals surface area contributed by atoms with Crippen molar-refractivity contribution in [3.8, 4) is 0 Å². The number of rotatable bonds is 12. The fraction of sp³-hybridized carbons (Fsp3) is 0.688. The smallest absolute Gasteiger partial charge is 0.326 e. The van der Waals surface area contributed by atoms with Gasteiger partial charge in [-0.1, -0.05) is 13.8 Å². The van der Waals surface area contributed by atoms with Gasteiger partial charge in [0, 0.05) is 0 Å². The first-order chi connectivity index (χ1) is 13.3. The van der Waals surface area contributed by atoms with Gasteiger partial charge in [0.25, 0.3) is 0 Å². The number of aliphatic carboxylic acids is 1. The van der Waals surface area contributed by atoms with Crippen molar-refractivity contribution in [1.82, 2.24) is 16.0 Å². The number of amides is 4. The Morgan fingerprint density at radius 2 is 1.38 bits per heavy atom. The van der Waals surface area contributed by atoms with Gasteiger partial charge in [-0.25, -0.2) is 4.79 Å². The van der Waals surface area contributed by atoms with Gasteiger partial charge in [0.15, 0.2) is 0 Å². The molecular weight excluding hydrogens is 390 g/mol. The van der Waals surface area contributed by atoms with Gasteiger partial charge in [0.2, 0.25) is 23.6 Å². The number of carboxylic acid groups (broad SMARTS) is 1. The normalized spacial score (nSPS) is 16.1. The highest BCUT2D eigenvalue weighted by molar-refractivity contribution is 5.96. The molecule has 0 aliphatic carbocycles. The molecule has 166 valence electrons. The van der Waals surface area contributed by atoms with Crippen LogP contribution in [0.3, 0.4) is 0 Å². The molecule has 10 N–H and O–H groups in total. The summed E-state index contributed by atoms with van der Waals surface area (Å²) in [6.07, 6.45) is -1.88. The summed E-state index contributed by atoms with van der Waals surface area (Å²) in [5, 5.41) is 34.2. The number of hydrogen-bond donors (Lipinski definition) is 8. The molecular formula is C16H29N5O8. The Hall–Kier alpha value is -2.77. The monoisotopic (exact) mass is 419 g/mol. The van der Waals surface area contributed by atoms with Crippen LogP contribution < -0.4 is 27.4 Å². The quantitative estimate of drug-likeness (QED) is 0.153. The molecule has 5 unspecified atom stereocenters. The Morgan fingerprint density at radius 3 is 1.76 bits per heavy atom. The summed E-state index contributed by atoms with van der Waals surface area (Å²) < 4.78 is 0. The van der Waals surface area contributed by atoms with E-state index in [0.29, 0.717) is 0 Å². The lowest BCUT2D eigenvalue weighted by Crippen LogP contribution is -2.59. The van der Waals surface area contributed by atoms with E-state index in [1.54, 1.807) is 13.8 Å². The number of carbonyl (C=O) groups is 5. The van der Waals surface area contributed by atoms with Crippen molar-refractivity contribution < 1.29 is 39.3 Å². The predicted octanol–water partition coefficient (Wildman–Crippen LogP) is -4.24. The van der Waals surface area contributed by atoms with Gasteiger partial charge in [-0.05, 0) is 12.8 Å². The minimum absolute atomic E-state index is 0.493. The number of carbonyl (C=O) groups excluding carboxylic acids is 4. The second-order valence-corrected chi connectivity index (χ2v) is 6.81. The molecule has 0 saturated carbocycles. The Morgan fingerprint density at radius 1 is 0.897 bits per heavy atom. The number of primary amides is 1. The van der Waals surface area contributed by atoms with Crippen molar-refractivity contribution in [3.05, 3.63) is 0 Å². The maximum absolute atomic E-state index is 12.4. The third-order valence-electron chi connectivity index (χ3n) is 3.91. The molecule has 0 fully saturated rings. The van der Waals surface area contributed by atoms with Crippen molar-refractivity contribution in [2.45, 2.75) is 57.5 Å². The molecule has 0 heterocycles. The molecule has 0 aliphatic rings. The number of hydrogen-bond acceptors (Lipinski definition) is 8. The van der Waals surface area contributed by atoms with E-state index in [2.05, 4.69) is 16.0 Å². The molecule has 0 aromatic rings. The highest BCUT2D eigenvalue weighted by Crippen LogP contribution is 2.04. The van der Waals surface area contributed by atoms with Gasteiger partial charge in [-0.15, -0.1) is 0 Å². The van der Waals surface area contributed by atoms with Gasteiger partial charge in [-0.2, -0.15) is 0 Å². The highest BCUT2D eigenvalue weighted by atomic mass is 16.4. The van der Waals surface area contributed by atoms with Crippen molar-refractivity contribution in [2.75, 3.05) is 6.61 Å². The second-order valence-electron chi connectivity index (χ2n) is 6.81. The Bertz CT molecular complexity index is 624. The molecule has 13 heteroatoms. The van der Waals surface area contributed by atoms with E-state index in [-0.39, 0.29) is 0 Å². The summed E-state index contributed by atoms with van der Waals surface area (Å²) in [4.78, 5) is 59.0. The molecule has 5 atom stereocenters. The summed E-state index contributed by atoms with van der Waals surface area (Å²) in [6.45, 7) is 3.46. The second kappa shape index (κ2) is 11.9. The molecule has 0 aromatic carbocycles. The van der Waals surface area contributed by atoms with Crippen LogP contribution in [0, 0.1) is 5.92 Å². The third-order valence-corrected chi connectivity index (χ3v) is 3.91. The lowest BCUT2D eigenvalue weighted by Gasteiger charge is -2.25. The van der Waals surface area contributed by atoms with Crippen LogP contribution in [0.5, 0.6) is 0 Å². The fourth-order valence-electron chi connectivity index (χ4n) is 2.13. The molecule has 0 bridgehead atoms. The van der Waals surface area contributed by atoms with Crippen LogP contribution in [0.2, 0.25) is 0 Å². The minimum atomic E-state index is -1.55. The fourth-order valence-corrected chi connectivity index (χ4v) is 2.13. The van der Waals surface area contributed by atoms with Gasteiger partial charge >= 0.3 is 5.97 Å². The van der Waals surface area contributed by atoms with Gasteiger partial charge in [-0.3, -0.25) is 19.2 Å². The molecule has 13 nitrogen and oxygen atoms in total. The molecule has 0 saturated heterocycles. The van der Waals surface area contributed by atoms with E-state index in [1.807, 2.05) is 0 Å². The van der Waals surface area contributed by atoms with Crippen molar-refractivity contribution in [3.63, 3.8) is 0 Å². The van der Waals surface area contributed by atoms with Gasteiger partial charge < -0.3 is 42.7 Å². The zero-order chi connectivity index (χ0) is 22.9. The topological polar surface area (TPSA) is 234 Å². The average Bonchev–Trinajstić information content (AvgIpc) is 2.61. The van der Waals surface area contributed by atoms with Crippen molar-refractivity contribution >= 4 is 29.6 Å². The lowest BCUT2D eigenvalue weighted by atomic mass is 10.0. The summed E-state index contributed by atoms with van der Waals surface area (Å²) >= 11 is 0. The maximum atomic E-state index is 12.4. The van der Waals surface area contributed by atoms with E-state index in [4.69, 9.17) is 16.6 Å².